The van der Waals surface area contributed by atoms with Crippen LogP contribution in [0.4, 0.5) is 5.69 Å². The van der Waals surface area contributed by atoms with Crippen LogP contribution in [0.2, 0.25) is 0 Å². The van der Waals surface area contributed by atoms with Gasteiger partial charge in [0.05, 0.1) is 11.4 Å². The zero-order chi connectivity index (χ0) is 10.4. The number of hydrogen-bond acceptors (Lipinski definition) is 3. The van der Waals surface area contributed by atoms with E-state index in [1.54, 1.807) is 6.20 Å². The van der Waals surface area contributed by atoms with Gasteiger partial charge in [-0.25, -0.2) is 0 Å². The Bertz CT molecular complexity index is 361. The predicted molar refractivity (Wildman–Crippen MR) is 58.8 cm³/mol. The minimum atomic E-state index is 0.699. The molecular weight excluding hydrogens is 174 g/mol. The molecule has 0 aliphatic heterocycles. The molecule has 0 unspecified atom stereocenters. The molecule has 0 fully saturated rings. The van der Waals surface area contributed by atoms with Gasteiger partial charge in [-0.2, -0.15) is 0 Å². The Labute approximate surface area is 84.7 Å². The van der Waals surface area contributed by atoms with Gasteiger partial charge in [0.25, 0.3) is 0 Å². The SMILES string of the molecule is CNCCC#Cc1cnc(C)c(N)c1. The third-order valence-corrected chi connectivity index (χ3v) is 1.86. The molecule has 0 bridgehead atoms. The van der Waals surface area contributed by atoms with Crippen molar-refractivity contribution in [2.24, 2.45) is 0 Å². The fourth-order valence-corrected chi connectivity index (χ4v) is 0.971. The van der Waals surface area contributed by atoms with Gasteiger partial charge in [0.1, 0.15) is 0 Å². The zero-order valence-corrected chi connectivity index (χ0v) is 8.59. The van der Waals surface area contributed by atoms with E-state index in [9.17, 15) is 0 Å². The topological polar surface area (TPSA) is 50.9 Å². The molecule has 1 heterocycles. The lowest BCUT2D eigenvalue weighted by atomic mass is 10.2. The van der Waals surface area contributed by atoms with Crippen LogP contribution in [0.5, 0.6) is 0 Å². The highest BCUT2D eigenvalue weighted by Gasteiger charge is 1.94. The van der Waals surface area contributed by atoms with Crippen molar-refractivity contribution in [3.05, 3.63) is 23.5 Å². The molecule has 0 aliphatic rings. The minimum Gasteiger partial charge on any atom is -0.397 e. The van der Waals surface area contributed by atoms with Gasteiger partial charge in [0.15, 0.2) is 0 Å². The second-order valence-corrected chi connectivity index (χ2v) is 3.05. The van der Waals surface area contributed by atoms with Gasteiger partial charge in [-0.15, -0.1) is 0 Å². The number of nitrogens with one attached hydrogen (secondary N) is 1. The third-order valence-electron chi connectivity index (χ3n) is 1.86. The molecule has 1 rings (SSSR count). The Morgan fingerprint density at radius 1 is 1.57 bits per heavy atom. The Kier molecular flexibility index (Phi) is 3.96. The highest BCUT2D eigenvalue weighted by molar-refractivity contribution is 5.48. The number of aromatic nitrogens is 1. The van der Waals surface area contributed by atoms with Crippen molar-refractivity contribution >= 4 is 5.69 Å². The molecule has 1 aromatic heterocycles. The van der Waals surface area contributed by atoms with Crippen molar-refractivity contribution in [2.75, 3.05) is 19.3 Å². The monoisotopic (exact) mass is 189 g/mol. The quantitative estimate of drug-likeness (QED) is 0.537. The third kappa shape index (κ3) is 3.08. The number of nitrogens with zero attached hydrogens (tertiary/aromatic N) is 1. The predicted octanol–water partition coefficient (Wildman–Crippen LogP) is 0.933. The van der Waals surface area contributed by atoms with Crippen molar-refractivity contribution in [3.8, 4) is 11.8 Å². The van der Waals surface area contributed by atoms with Gasteiger partial charge < -0.3 is 11.1 Å². The van der Waals surface area contributed by atoms with Gasteiger partial charge in [-0.1, -0.05) is 11.8 Å². The van der Waals surface area contributed by atoms with Crippen molar-refractivity contribution in [1.82, 2.24) is 10.3 Å². The van der Waals surface area contributed by atoms with Gasteiger partial charge in [0.2, 0.25) is 0 Å². The van der Waals surface area contributed by atoms with Crippen LogP contribution >= 0.6 is 0 Å². The van der Waals surface area contributed by atoms with Crippen molar-refractivity contribution < 1.29 is 0 Å². The molecule has 0 spiro atoms. The summed E-state index contributed by atoms with van der Waals surface area (Å²) in [5, 5.41) is 3.03. The average molecular weight is 189 g/mol. The largest absolute Gasteiger partial charge is 0.397 e. The van der Waals surface area contributed by atoms with Crippen LogP contribution in [0.25, 0.3) is 0 Å². The summed E-state index contributed by atoms with van der Waals surface area (Å²) in [4.78, 5) is 4.13. The summed E-state index contributed by atoms with van der Waals surface area (Å²) in [6, 6.07) is 1.86. The van der Waals surface area contributed by atoms with E-state index in [0.717, 1.165) is 24.2 Å². The van der Waals surface area contributed by atoms with E-state index in [1.165, 1.54) is 0 Å². The first kappa shape index (κ1) is 10.6. The first-order valence-electron chi connectivity index (χ1n) is 4.59. The van der Waals surface area contributed by atoms with Crippen LogP contribution in [0, 0.1) is 18.8 Å². The molecule has 0 amide bonds. The lowest BCUT2D eigenvalue weighted by Crippen LogP contribution is -2.05. The van der Waals surface area contributed by atoms with Gasteiger partial charge in [-0.3, -0.25) is 4.98 Å². The minimum absolute atomic E-state index is 0.699. The Morgan fingerprint density at radius 2 is 2.36 bits per heavy atom. The molecule has 0 saturated carbocycles. The van der Waals surface area contributed by atoms with Crippen LogP contribution in [0.15, 0.2) is 12.3 Å². The molecule has 0 aliphatic carbocycles. The molecule has 3 N–H and O–H groups in total. The Balaban J connectivity index is 2.66. The summed E-state index contributed by atoms with van der Waals surface area (Å²) in [6.07, 6.45) is 2.59. The van der Waals surface area contributed by atoms with Crippen LogP contribution < -0.4 is 11.1 Å². The summed E-state index contributed by atoms with van der Waals surface area (Å²) >= 11 is 0. The Morgan fingerprint density at radius 3 is 3.00 bits per heavy atom. The molecular formula is C11H15N3. The maximum absolute atomic E-state index is 5.71. The molecule has 0 aromatic carbocycles. The number of nitrogens with two attached hydrogens (primary N) is 1. The molecule has 3 heteroatoms. The smallest absolute Gasteiger partial charge is 0.0602 e. The molecule has 3 nitrogen and oxygen atoms in total. The molecule has 14 heavy (non-hydrogen) atoms. The van der Waals surface area contributed by atoms with E-state index in [-0.39, 0.29) is 0 Å². The second-order valence-electron chi connectivity index (χ2n) is 3.05. The number of pyridine rings is 1. The normalized spacial score (nSPS) is 9.29. The second kappa shape index (κ2) is 5.25. The molecule has 0 atom stereocenters. The van der Waals surface area contributed by atoms with Crippen molar-refractivity contribution in [1.29, 1.82) is 0 Å². The number of nitrogen functional groups attached to an aromatic ring is 1. The molecule has 0 radical (unpaired) electrons. The van der Waals surface area contributed by atoms with Crippen LogP contribution in [0.1, 0.15) is 17.7 Å². The summed E-state index contributed by atoms with van der Waals surface area (Å²) in [5.74, 6) is 6.06. The van der Waals surface area contributed by atoms with Crippen molar-refractivity contribution in [2.45, 2.75) is 13.3 Å². The summed E-state index contributed by atoms with van der Waals surface area (Å²) in [7, 11) is 1.91. The molecule has 0 saturated heterocycles. The summed E-state index contributed by atoms with van der Waals surface area (Å²) in [5.41, 5.74) is 8.14. The summed E-state index contributed by atoms with van der Waals surface area (Å²) in [6.45, 7) is 2.79. The number of anilines is 1. The fraction of sp³-hybridized carbons (Fsp3) is 0.364. The van der Waals surface area contributed by atoms with Crippen LogP contribution in [0.3, 0.4) is 0 Å². The number of hydrogen-bond donors (Lipinski definition) is 2. The maximum Gasteiger partial charge on any atom is 0.0602 e. The number of aryl methyl sites for hydroxylation is 1. The van der Waals surface area contributed by atoms with E-state index in [4.69, 9.17) is 5.73 Å². The Hall–Kier alpha value is -1.53. The number of rotatable bonds is 2. The standard InChI is InChI=1S/C11H15N3/c1-9-11(12)7-10(8-14-9)5-3-4-6-13-2/h7-8,13H,4,6,12H2,1-2H3. The van der Waals surface area contributed by atoms with E-state index >= 15 is 0 Å². The van der Waals surface area contributed by atoms with E-state index < -0.39 is 0 Å². The van der Waals surface area contributed by atoms with Gasteiger partial charge in [-0.05, 0) is 20.0 Å². The first-order valence-corrected chi connectivity index (χ1v) is 4.59. The average Bonchev–Trinajstić information content (AvgIpc) is 2.18. The highest BCUT2D eigenvalue weighted by atomic mass is 14.8. The fourth-order valence-electron chi connectivity index (χ4n) is 0.971. The van der Waals surface area contributed by atoms with E-state index in [0.29, 0.717) is 5.69 Å². The first-order chi connectivity index (χ1) is 6.74. The van der Waals surface area contributed by atoms with E-state index in [2.05, 4.69) is 22.1 Å². The van der Waals surface area contributed by atoms with E-state index in [1.807, 2.05) is 20.0 Å². The molecule has 1 aromatic rings. The zero-order valence-electron chi connectivity index (χ0n) is 8.59. The van der Waals surface area contributed by atoms with Crippen LogP contribution in [-0.4, -0.2) is 18.6 Å². The lowest BCUT2D eigenvalue weighted by molar-refractivity contribution is 0.818. The highest BCUT2D eigenvalue weighted by Crippen LogP contribution is 2.08. The van der Waals surface area contributed by atoms with Gasteiger partial charge in [0, 0.05) is 24.7 Å². The van der Waals surface area contributed by atoms with Crippen molar-refractivity contribution in [3.63, 3.8) is 0 Å². The maximum atomic E-state index is 5.71. The van der Waals surface area contributed by atoms with Gasteiger partial charge >= 0.3 is 0 Å². The summed E-state index contributed by atoms with van der Waals surface area (Å²) < 4.78 is 0. The molecule has 74 valence electrons. The lowest BCUT2D eigenvalue weighted by Gasteiger charge is -1.97. The van der Waals surface area contributed by atoms with Crippen LogP contribution in [-0.2, 0) is 0 Å².